The third kappa shape index (κ3) is 10.3. The van der Waals surface area contributed by atoms with E-state index in [0.717, 1.165) is 32.0 Å². The van der Waals surface area contributed by atoms with Crippen LogP contribution in [0.3, 0.4) is 0 Å². The smallest absolute Gasteiger partial charge is 0.0469 e. The van der Waals surface area contributed by atoms with Gasteiger partial charge in [0, 0.05) is 13.2 Å². The van der Waals surface area contributed by atoms with E-state index in [1.165, 1.54) is 63.4 Å². The van der Waals surface area contributed by atoms with Crippen molar-refractivity contribution in [2.45, 2.75) is 106 Å². The Morgan fingerprint density at radius 3 is 1.88 bits per heavy atom. The number of fused-ring (bicyclic) bond motifs is 1. The van der Waals surface area contributed by atoms with E-state index >= 15 is 0 Å². The van der Waals surface area contributed by atoms with Crippen LogP contribution in [0.5, 0.6) is 0 Å². The Kier molecular flexibility index (Phi) is 15.1. The first-order valence-corrected chi connectivity index (χ1v) is 12.9. The van der Waals surface area contributed by atoms with Gasteiger partial charge in [0.05, 0.1) is 0 Å². The highest BCUT2D eigenvalue weighted by Gasteiger charge is 2.18. The largest absolute Gasteiger partial charge is 0.381 e. The van der Waals surface area contributed by atoms with E-state index in [-0.39, 0.29) is 7.43 Å². The molecular weight excluding hydrogens is 388 g/mol. The molecule has 0 fully saturated rings. The first kappa shape index (κ1) is 28.4. The molecule has 0 aromatic heterocycles. The van der Waals surface area contributed by atoms with Crippen molar-refractivity contribution >= 4 is 0 Å². The second kappa shape index (κ2) is 17.0. The van der Waals surface area contributed by atoms with Gasteiger partial charge in [0.25, 0.3) is 0 Å². The summed E-state index contributed by atoms with van der Waals surface area (Å²) in [6, 6.07) is 15.6. The minimum Gasteiger partial charge on any atom is -0.381 e. The van der Waals surface area contributed by atoms with Crippen LogP contribution in [0.4, 0.5) is 0 Å². The van der Waals surface area contributed by atoms with Crippen LogP contribution >= 0.6 is 0 Å². The van der Waals surface area contributed by atoms with Crippen molar-refractivity contribution in [1.29, 1.82) is 0 Å². The molecule has 0 saturated carbocycles. The quantitative estimate of drug-likeness (QED) is 0.301. The lowest BCUT2D eigenvalue weighted by Crippen LogP contribution is -1.98. The van der Waals surface area contributed by atoms with E-state index < -0.39 is 0 Å². The molecule has 0 radical (unpaired) electrons. The molecule has 2 aromatic rings. The second-order valence-electron chi connectivity index (χ2n) is 9.23. The molecule has 3 rings (SSSR count). The predicted molar refractivity (Wildman–Crippen MR) is 143 cm³/mol. The highest BCUT2D eigenvalue weighted by Crippen LogP contribution is 2.29. The normalized spacial score (nSPS) is 12.6. The van der Waals surface area contributed by atoms with Gasteiger partial charge in [-0.25, -0.2) is 0 Å². The molecule has 1 aliphatic rings. The third-order valence-electron chi connectivity index (χ3n) is 6.41. The topological polar surface area (TPSA) is 9.23 Å². The minimum atomic E-state index is 0. The molecule has 2 aromatic carbocycles. The Labute approximate surface area is 200 Å². The minimum absolute atomic E-state index is 0. The van der Waals surface area contributed by atoms with Gasteiger partial charge >= 0.3 is 0 Å². The summed E-state index contributed by atoms with van der Waals surface area (Å²) >= 11 is 0. The highest BCUT2D eigenvalue weighted by molar-refractivity contribution is 5.41. The number of unbranched alkanes of at least 4 members (excludes halogenated alkanes) is 4. The molecule has 180 valence electrons. The van der Waals surface area contributed by atoms with Gasteiger partial charge in [-0.05, 0) is 78.7 Å². The Morgan fingerprint density at radius 2 is 1.31 bits per heavy atom. The average molecular weight is 439 g/mol. The van der Waals surface area contributed by atoms with Gasteiger partial charge < -0.3 is 4.74 Å². The van der Waals surface area contributed by atoms with Gasteiger partial charge in [0.1, 0.15) is 0 Å². The van der Waals surface area contributed by atoms with Crippen molar-refractivity contribution in [1.82, 2.24) is 0 Å². The summed E-state index contributed by atoms with van der Waals surface area (Å²) in [4.78, 5) is 0. The van der Waals surface area contributed by atoms with Crippen LogP contribution in [0.2, 0.25) is 0 Å². The zero-order valence-corrected chi connectivity index (χ0v) is 20.7. The van der Waals surface area contributed by atoms with Crippen LogP contribution < -0.4 is 0 Å². The summed E-state index contributed by atoms with van der Waals surface area (Å²) in [6.07, 6.45) is 13.8. The van der Waals surface area contributed by atoms with Crippen LogP contribution in [0, 0.1) is 5.92 Å². The fourth-order valence-corrected chi connectivity index (χ4v) is 4.59. The van der Waals surface area contributed by atoms with E-state index in [1.807, 2.05) is 0 Å². The Balaban J connectivity index is 0.000000315. The number of ether oxygens (including phenoxy) is 1. The van der Waals surface area contributed by atoms with Gasteiger partial charge in [-0.1, -0.05) is 103 Å². The lowest BCUT2D eigenvalue weighted by Gasteiger charge is -2.09. The lowest BCUT2D eigenvalue weighted by molar-refractivity contribution is 0.127. The number of hydrogen-bond acceptors (Lipinski definition) is 1. The summed E-state index contributed by atoms with van der Waals surface area (Å²) in [7, 11) is 0. The molecule has 1 nitrogen and oxygen atoms in total. The van der Waals surface area contributed by atoms with Gasteiger partial charge in [-0.3, -0.25) is 0 Å². The molecule has 0 saturated heterocycles. The zero-order chi connectivity index (χ0) is 22.3. The number of aryl methyl sites for hydroxylation is 3. The molecule has 0 aliphatic heterocycles. The van der Waals surface area contributed by atoms with Gasteiger partial charge in [-0.2, -0.15) is 0 Å². The van der Waals surface area contributed by atoms with E-state index in [4.69, 9.17) is 4.74 Å². The molecule has 0 spiro atoms. The Bertz CT molecular complexity index is 686. The summed E-state index contributed by atoms with van der Waals surface area (Å²) in [5, 5.41) is 0. The molecular formula is C31H50O. The number of hydrogen-bond donors (Lipinski definition) is 0. The third-order valence-corrected chi connectivity index (χ3v) is 6.41. The molecule has 0 bridgehead atoms. The summed E-state index contributed by atoms with van der Waals surface area (Å²) in [5.74, 6) is 0.863. The molecule has 0 atom stereocenters. The second-order valence-corrected chi connectivity index (χ2v) is 9.23. The summed E-state index contributed by atoms with van der Waals surface area (Å²) in [5.41, 5.74) is 7.79. The van der Waals surface area contributed by atoms with Crippen LogP contribution in [-0.4, -0.2) is 13.2 Å². The lowest BCUT2D eigenvalue weighted by atomic mass is 9.97. The first-order valence-electron chi connectivity index (χ1n) is 12.9. The molecule has 1 heteroatoms. The van der Waals surface area contributed by atoms with Gasteiger partial charge in [-0.15, -0.1) is 0 Å². The van der Waals surface area contributed by atoms with Crippen LogP contribution in [-0.2, 0) is 36.8 Å². The molecule has 1 aliphatic carbocycles. The van der Waals surface area contributed by atoms with Crippen LogP contribution in [0.25, 0.3) is 0 Å². The van der Waals surface area contributed by atoms with Crippen molar-refractivity contribution < 1.29 is 4.74 Å². The fourth-order valence-electron chi connectivity index (χ4n) is 4.59. The summed E-state index contributed by atoms with van der Waals surface area (Å²) in [6.45, 7) is 11.0. The molecule has 32 heavy (non-hydrogen) atoms. The van der Waals surface area contributed by atoms with Gasteiger partial charge in [0.2, 0.25) is 0 Å². The van der Waals surface area contributed by atoms with Gasteiger partial charge in [0.15, 0.2) is 0 Å². The van der Waals surface area contributed by atoms with Crippen molar-refractivity contribution in [3.63, 3.8) is 0 Å². The van der Waals surface area contributed by atoms with E-state index in [2.05, 4.69) is 70.2 Å². The highest BCUT2D eigenvalue weighted by atomic mass is 16.5. The Morgan fingerprint density at radius 1 is 0.750 bits per heavy atom. The van der Waals surface area contributed by atoms with Crippen molar-refractivity contribution in [3.05, 3.63) is 70.3 Å². The molecule has 0 heterocycles. The maximum Gasteiger partial charge on any atom is 0.0469 e. The number of benzene rings is 2. The maximum atomic E-state index is 5.64. The molecule has 0 N–H and O–H groups in total. The number of rotatable bonds is 12. The van der Waals surface area contributed by atoms with Crippen LogP contribution in [0.15, 0.2) is 42.5 Å². The van der Waals surface area contributed by atoms with E-state index in [0.29, 0.717) is 0 Å². The first-order chi connectivity index (χ1) is 15.2. The van der Waals surface area contributed by atoms with E-state index in [9.17, 15) is 0 Å². The molecule has 0 amide bonds. The fraction of sp³-hybridized carbons (Fsp3) is 0.613. The Hall–Kier alpha value is -1.60. The SMILES string of the molecule is C.CCCCCCCOCCCc1ccccc1.CCc1cc2c(cc1CC)CC(C)C2. The molecule has 0 unspecified atom stereocenters. The zero-order valence-electron chi connectivity index (χ0n) is 20.7. The average Bonchev–Trinajstić information content (AvgIpc) is 3.17. The van der Waals surface area contributed by atoms with Crippen molar-refractivity contribution in [2.75, 3.05) is 13.2 Å². The van der Waals surface area contributed by atoms with E-state index in [1.54, 1.807) is 22.3 Å². The maximum absolute atomic E-state index is 5.64. The van der Waals surface area contributed by atoms with Crippen molar-refractivity contribution in [2.24, 2.45) is 5.92 Å². The predicted octanol–water partition coefficient (Wildman–Crippen LogP) is 8.79. The standard InChI is InChI=1S/C16H26O.C14H20.CH4/c1-2-3-4-5-9-14-17-15-10-13-16-11-7-6-8-12-16;1-4-11-8-13-6-10(3)7-14(13)9-12(11)5-2;/h6-8,11-12H,2-5,9-10,13-15H2,1H3;8-10H,4-7H2,1-3H3;1H4. The summed E-state index contributed by atoms with van der Waals surface area (Å²) < 4.78 is 5.64. The van der Waals surface area contributed by atoms with Crippen molar-refractivity contribution in [3.8, 4) is 0 Å². The van der Waals surface area contributed by atoms with Crippen LogP contribution in [0.1, 0.15) is 101 Å². The monoisotopic (exact) mass is 438 g/mol.